The summed E-state index contributed by atoms with van der Waals surface area (Å²) in [5.74, 6) is -0.767. The third-order valence-electron chi connectivity index (χ3n) is 7.33. The number of unbranched alkanes of at least 4 members (excludes halogenated alkanes) is 3. The first-order valence-electron chi connectivity index (χ1n) is 14.9. The van der Waals surface area contributed by atoms with E-state index in [1.165, 1.54) is 18.4 Å². The second-order valence-electron chi connectivity index (χ2n) is 10.7. The number of carbonyl (C=O) groups is 3. The Morgan fingerprint density at radius 3 is 2.39 bits per heavy atom. The van der Waals surface area contributed by atoms with Gasteiger partial charge in [-0.1, -0.05) is 81.6 Å². The van der Waals surface area contributed by atoms with Crippen LogP contribution in [0.5, 0.6) is 0 Å². The van der Waals surface area contributed by atoms with Gasteiger partial charge in [0.25, 0.3) is 5.91 Å². The molecular formula is C32H49N5O4. The van der Waals surface area contributed by atoms with Gasteiger partial charge >= 0.3 is 5.91 Å². The van der Waals surface area contributed by atoms with E-state index in [2.05, 4.69) is 66.2 Å². The van der Waals surface area contributed by atoms with Crippen molar-refractivity contribution in [2.75, 3.05) is 46.8 Å². The van der Waals surface area contributed by atoms with Crippen LogP contribution in [0, 0.1) is 5.21 Å². The summed E-state index contributed by atoms with van der Waals surface area (Å²) in [5, 5.41) is 22.0. The molecule has 1 aliphatic rings. The van der Waals surface area contributed by atoms with Gasteiger partial charge in [0.2, 0.25) is 6.41 Å². The maximum Gasteiger partial charge on any atom is 0.331 e. The molecule has 3 amide bonds. The maximum absolute atomic E-state index is 13.4. The summed E-state index contributed by atoms with van der Waals surface area (Å²) in [6.45, 7) is 6.98. The molecule has 2 unspecified atom stereocenters. The normalized spacial score (nSPS) is 18.8. The predicted octanol–water partition coefficient (Wildman–Crippen LogP) is 3.61. The molecule has 0 spiro atoms. The first kappa shape index (κ1) is 34.1. The quantitative estimate of drug-likeness (QED) is 0.131. The molecule has 0 saturated carbocycles. The van der Waals surface area contributed by atoms with Crippen molar-refractivity contribution in [1.82, 2.24) is 20.9 Å². The first-order valence-corrected chi connectivity index (χ1v) is 14.9. The lowest BCUT2D eigenvalue weighted by Crippen LogP contribution is -2.66. The van der Waals surface area contributed by atoms with E-state index < -0.39 is 16.6 Å². The number of hydrogen-bond acceptors (Lipinski definition) is 6. The van der Waals surface area contributed by atoms with E-state index >= 15 is 0 Å². The molecule has 1 fully saturated rings. The third kappa shape index (κ3) is 11.4. The molecule has 41 heavy (non-hydrogen) atoms. The van der Waals surface area contributed by atoms with Crippen molar-refractivity contribution in [3.63, 3.8) is 0 Å². The highest BCUT2D eigenvalue weighted by molar-refractivity contribution is 5.83. The fourth-order valence-corrected chi connectivity index (χ4v) is 4.79. The van der Waals surface area contributed by atoms with Gasteiger partial charge in [-0.25, -0.2) is 4.79 Å². The van der Waals surface area contributed by atoms with E-state index in [0.717, 1.165) is 49.0 Å². The molecule has 2 aromatic carbocycles. The zero-order valence-electron chi connectivity index (χ0n) is 25.3. The number of likely N-dealkylation sites (N-methyl/N-ethyl adjacent to an activating group) is 1. The van der Waals surface area contributed by atoms with Gasteiger partial charge in [-0.3, -0.25) is 19.1 Å². The SMILES string of the molecule is CCCCCNC(=O)C[N+]1([O-])CCN(C)C(Cc2cccc(-c3ccc(CNCCCC)cc3)c2)C1=O.CNC=O. The van der Waals surface area contributed by atoms with Crippen LogP contribution in [0.15, 0.2) is 48.5 Å². The van der Waals surface area contributed by atoms with Gasteiger partial charge in [0.05, 0.1) is 6.54 Å². The molecular weight excluding hydrogens is 518 g/mol. The van der Waals surface area contributed by atoms with Crippen LogP contribution in [-0.2, 0) is 27.3 Å². The number of carbonyl (C=O) groups excluding carboxylic acids is 3. The summed E-state index contributed by atoms with van der Waals surface area (Å²) in [6.07, 6.45) is 6.42. The van der Waals surface area contributed by atoms with Crippen molar-refractivity contribution >= 4 is 18.2 Å². The second-order valence-corrected chi connectivity index (χ2v) is 10.7. The van der Waals surface area contributed by atoms with E-state index in [1.807, 2.05) is 24.1 Å². The van der Waals surface area contributed by atoms with Crippen molar-refractivity contribution < 1.29 is 19.0 Å². The summed E-state index contributed by atoms with van der Waals surface area (Å²) in [5.41, 5.74) is 4.47. The number of amides is 3. The molecule has 0 radical (unpaired) electrons. The standard InChI is InChI=1S/C30H44N4O3.C2H5NO/c1-4-6-8-17-32-29(35)23-34(37)19-18-33(3)28(30(34)36)21-25-10-9-11-27(20-25)26-14-12-24(13-15-26)22-31-16-7-5-2;1-3-2-4/h9-15,20,28,31H,4-8,16-19,21-23H2,1-3H3,(H,32,35);2H,1H3,(H,3,4). The number of hydroxylamine groups is 3. The summed E-state index contributed by atoms with van der Waals surface area (Å²) in [4.78, 5) is 36.7. The van der Waals surface area contributed by atoms with Gasteiger partial charge in [0, 0.05) is 33.1 Å². The second kappa shape index (κ2) is 18.3. The highest BCUT2D eigenvalue weighted by Gasteiger charge is 2.42. The lowest BCUT2D eigenvalue weighted by atomic mass is 9.97. The fraction of sp³-hybridized carbons (Fsp3) is 0.531. The Hall–Kier alpha value is -3.11. The highest BCUT2D eigenvalue weighted by atomic mass is 16.6. The van der Waals surface area contributed by atoms with Crippen molar-refractivity contribution in [1.29, 1.82) is 0 Å². The molecule has 3 rings (SSSR count). The molecule has 1 aliphatic heterocycles. The molecule has 3 N–H and O–H groups in total. The number of benzene rings is 2. The van der Waals surface area contributed by atoms with Gasteiger partial charge in [-0.15, -0.1) is 0 Å². The highest BCUT2D eigenvalue weighted by Crippen LogP contribution is 2.25. The smallest absolute Gasteiger partial charge is 0.331 e. The average Bonchev–Trinajstić information content (AvgIpc) is 2.98. The Bertz CT molecular complexity index is 1080. The molecule has 0 bridgehead atoms. The van der Waals surface area contributed by atoms with Crippen LogP contribution >= 0.6 is 0 Å². The Morgan fingerprint density at radius 1 is 1.02 bits per heavy atom. The minimum atomic E-state index is -1.08. The molecule has 2 aromatic rings. The number of quaternary nitrogens is 1. The van der Waals surface area contributed by atoms with Crippen molar-refractivity contribution in [2.24, 2.45) is 0 Å². The van der Waals surface area contributed by atoms with Gasteiger partial charge in [-0.05, 0) is 48.7 Å². The van der Waals surface area contributed by atoms with Crippen LogP contribution in [0.1, 0.15) is 57.1 Å². The topological polar surface area (TPSA) is 114 Å². The van der Waals surface area contributed by atoms with Crippen molar-refractivity contribution in [3.05, 3.63) is 64.9 Å². The lowest BCUT2D eigenvalue weighted by Gasteiger charge is -2.47. The maximum atomic E-state index is 13.4. The number of nitrogens with one attached hydrogen (secondary N) is 3. The first-order chi connectivity index (χ1) is 19.8. The molecule has 9 heteroatoms. The summed E-state index contributed by atoms with van der Waals surface area (Å²) in [7, 11) is 3.45. The lowest BCUT2D eigenvalue weighted by molar-refractivity contribution is -0.801. The van der Waals surface area contributed by atoms with Crippen LogP contribution in [0.25, 0.3) is 11.1 Å². The third-order valence-corrected chi connectivity index (χ3v) is 7.33. The Kier molecular flexibility index (Phi) is 15.3. The van der Waals surface area contributed by atoms with Crippen LogP contribution < -0.4 is 16.0 Å². The van der Waals surface area contributed by atoms with E-state index in [1.54, 1.807) is 7.05 Å². The monoisotopic (exact) mass is 567 g/mol. The van der Waals surface area contributed by atoms with E-state index in [4.69, 9.17) is 4.79 Å². The fourth-order valence-electron chi connectivity index (χ4n) is 4.79. The molecule has 1 heterocycles. The van der Waals surface area contributed by atoms with Gasteiger partial charge in [-0.2, -0.15) is 0 Å². The molecule has 0 aliphatic carbocycles. The predicted molar refractivity (Wildman–Crippen MR) is 165 cm³/mol. The summed E-state index contributed by atoms with van der Waals surface area (Å²) in [6, 6.07) is 16.2. The van der Waals surface area contributed by atoms with E-state index in [9.17, 15) is 14.8 Å². The molecule has 9 nitrogen and oxygen atoms in total. The summed E-state index contributed by atoms with van der Waals surface area (Å²) >= 11 is 0. The Balaban J connectivity index is 0.00000138. The van der Waals surface area contributed by atoms with Crippen LogP contribution in [-0.4, -0.2) is 80.6 Å². The molecule has 226 valence electrons. The van der Waals surface area contributed by atoms with Crippen LogP contribution in [0.2, 0.25) is 0 Å². The minimum absolute atomic E-state index is 0.105. The Labute approximate surface area is 245 Å². The number of nitrogens with zero attached hydrogens (tertiary/aromatic N) is 2. The van der Waals surface area contributed by atoms with E-state index in [0.29, 0.717) is 25.9 Å². The van der Waals surface area contributed by atoms with Gasteiger partial charge in [0.15, 0.2) is 6.54 Å². The van der Waals surface area contributed by atoms with Crippen LogP contribution in [0.3, 0.4) is 0 Å². The molecule has 2 atom stereocenters. The zero-order valence-corrected chi connectivity index (χ0v) is 25.3. The Morgan fingerprint density at radius 2 is 1.73 bits per heavy atom. The van der Waals surface area contributed by atoms with Crippen molar-refractivity contribution in [3.8, 4) is 11.1 Å². The van der Waals surface area contributed by atoms with Crippen molar-refractivity contribution in [2.45, 2.75) is 65.0 Å². The number of rotatable bonds is 15. The number of hydrogen-bond donors (Lipinski definition) is 3. The van der Waals surface area contributed by atoms with Crippen LogP contribution in [0.4, 0.5) is 0 Å². The number of piperazine rings is 1. The van der Waals surface area contributed by atoms with Gasteiger partial charge < -0.3 is 21.2 Å². The molecule has 0 aromatic heterocycles. The summed E-state index contributed by atoms with van der Waals surface area (Å²) < 4.78 is -1.08. The van der Waals surface area contributed by atoms with Gasteiger partial charge in [0.1, 0.15) is 6.04 Å². The largest absolute Gasteiger partial charge is 0.625 e. The molecule has 1 saturated heterocycles. The van der Waals surface area contributed by atoms with E-state index in [-0.39, 0.29) is 19.0 Å². The minimum Gasteiger partial charge on any atom is -0.625 e. The average molecular weight is 568 g/mol. The zero-order chi connectivity index (χ0) is 30.1.